The lowest BCUT2D eigenvalue weighted by Gasteiger charge is -2.32. The molecule has 0 atom stereocenters. The van der Waals surface area contributed by atoms with Gasteiger partial charge in [0.05, 0.1) is 30.4 Å². The van der Waals surface area contributed by atoms with E-state index >= 15 is 0 Å². The molecule has 0 fully saturated rings. The van der Waals surface area contributed by atoms with E-state index in [1.165, 1.54) is 15.9 Å². The van der Waals surface area contributed by atoms with Crippen molar-refractivity contribution < 1.29 is 14.6 Å². The third-order valence-electron chi connectivity index (χ3n) is 3.77. The Morgan fingerprint density at radius 3 is 2.92 bits per heavy atom. The average Bonchev–Trinajstić information content (AvgIpc) is 2.94. The summed E-state index contributed by atoms with van der Waals surface area (Å²) < 4.78 is 6.96. The highest BCUT2D eigenvalue weighted by Crippen LogP contribution is 2.27. The van der Waals surface area contributed by atoms with Gasteiger partial charge in [-0.3, -0.25) is 14.2 Å². The van der Waals surface area contributed by atoms with Gasteiger partial charge in [0.1, 0.15) is 11.4 Å². The summed E-state index contributed by atoms with van der Waals surface area (Å²) in [4.78, 5) is 33.1. The molecule has 0 aliphatic carbocycles. The molecule has 9 heteroatoms. The summed E-state index contributed by atoms with van der Waals surface area (Å²) in [5.74, 6) is -0.949. The Kier molecular flexibility index (Phi) is 4.14. The smallest absolute Gasteiger partial charge is 0.296 e. The van der Waals surface area contributed by atoms with Crippen LogP contribution < -0.4 is 10.9 Å². The zero-order valence-electron chi connectivity index (χ0n) is 13.6. The van der Waals surface area contributed by atoms with Gasteiger partial charge in [-0.25, -0.2) is 9.97 Å². The van der Waals surface area contributed by atoms with E-state index in [-0.39, 0.29) is 18.8 Å². The minimum absolute atomic E-state index is 0.197. The van der Waals surface area contributed by atoms with Crippen LogP contribution in [0.15, 0.2) is 10.2 Å². The van der Waals surface area contributed by atoms with E-state index in [0.29, 0.717) is 18.1 Å². The lowest BCUT2D eigenvalue weighted by Crippen LogP contribution is -2.42. The SMILES string of the molecule is Cc1nc(CNC(=O)c2nc3n(c(=O)c2O)CCOC3(C)C)cs1. The molecule has 0 aromatic carbocycles. The van der Waals surface area contributed by atoms with E-state index in [1.54, 1.807) is 13.8 Å². The molecule has 1 amide bonds. The largest absolute Gasteiger partial charge is 0.501 e. The molecule has 2 N–H and O–H groups in total. The first kappa shape index (κ1) is 16.6. The highest BCUT2D eigenvalue weighted by molar-refractivity contribution is 7.09. The number of hydrogen-bond donors (Lipinski definition) is 2. The van der Waals surface area contributed by atoms with Crippen molar-refractivity contribution in [1.82, 2.24) is 19.9 Å². The Labute approximate surface area is 142 Å². The van der Waals surface area contributed by atoms with Gasteiger partial charge in [0.25, 0.3) is 11.5 Å². The number of rotatable bonds is 3. The van der Waals surface area contributed by atoms with Crippen LogP contribution in [0.3, 0.4) is 0 Å². The monoisotopic (exact) mass is 350 g/mol. The average molecular weight is 350 g/mol. The lowest BCUT2D eigenvalue weighted by molar-refractivity contribution is -0.0566. The van der Waals surface area contributed by atoms with Gasteiger partial charge >= 0.3 is 0 Å². The van der Waals surface area contributed by atoms with Crippen LogP contribution in [0.1, 0.15) is 40.9 Å². The fourth-order valence-corrected chi connectivity index (χ4v) is 3.18. The number of fused-ring (bicyclic) bond motifs is 1. The van der Waals surface area contributed by atoms with Crippen LogP contribution >= 0.6 is 11.3 Å². The predicted octanol–water partition coefficient (Wildman–Crippen LogP) is 0.909. The van der Waals surface area contributed by atoms with Crippen LogP contribution in [-0.2, 0) is 23.4 Å². The van der Waals surface area contributed by atoms with E-state index in [1.807, 2.05) is 12.3 Å². The number of aromatic nitrogens is 3. The number of carbonyl (C=O) groups excluding carboxylic acids is 1. The number of aromatic hydroxyl groups is 1. The number of nitrogens with zero attached hydrogens (tertiary/aromatic N) is 3. The van der Waals surface area contributed by atoms with Crippen molar-refractivity contribution in [2.24, 2.45) is 0 Å². The third-order valence-corrected chi connectivity index (χ3v) is 4.60. The molecule has 0 spiro atoms. The first-order chi connectivity index (χ1) is 11.3. The summed E-state index contributed by atoms with van der Waals surface area (Å²) in [5.41, 5.74) is -1.03. The van der Waals surface area contributed by atoms with E-state index in [9.17, 15) is 14.7 Å². The molecule has 0 unspecified atom stereocenters. The zero-order valence-corrected chi connectivity index (χ0v) is 14.4. The molecule has 8 nitrogen and oxygen atoms in total. The maximum absolute atomic E-state index is 12.3. The van der Waals surface area contributed by atoms with Crippen LogP contribution in [0.5, 0.6) is 5.75 Å². The van der Waals surface area contributed by atoms with Crippen LogP contribution in [0, 0.1) is 6.92 Å². The van der Waals surface area contributed by atoms with Gasteiger partial charge < -0.3 is 15.2 Å². The summed E-state index contributed by atoms with van der Waals surface area (Å²) in [6.45, 7) is 6.23. The van der Waals surface area contributed by atoms with Gasteiger partial charge in [-0.15, -0.1) is 11.3 Å². The van der Waals surface area contributed by atoms with Gasteiger partial charge in [0, 0.05) is 5.38 Å². The second kappa shape index (κ2) is 5.99. The highest BCUT2D eigenvalue weighted by Gasteiger charge is 2.34. The molecule has 0 saturated heterocycles. The standard InChI is InChI=1S/C15H18N4O4S/c1-8-17-9(7-24-8)6-16-12(21)10-11(20)13(22)19-4-5-23-15(2,3)14(19)18-10/h7,20H,4-6H2,1-3H3,(H,16,21). The Balaban J connectivity index is 1.91. The minimum atomic E-state index is -0.813. The maximum Gasteiger partial charge on any atom is 0.296 e. The topological polar surface area (TPSA) is 106 Å². The van der Waals surface area contributed by atoms with E-state index in [4.69, 9.17) is 4.74 Å². The normalized spacial score (nSPS) is 15.8. The molecule has 2 aromatic heterocycles. The molecule has 0 bridgehead atoms. The predicted molar refractivity (Wildman–Crippen MR) is 87.2 cm³/mol. The molecule has 3 rings (SSSR count). The highest BCUT2D eigenvalue weighted by atomic mass is 32.1. The number of nitrogens with one attached hydrogen (secondary N) is 1. The van der Waals surface area contributed by atoms with Crippen molar-refractivity contribution in [3.63, 3.8) is 0 Å². The Morgan fingerprint density at radius 1 is 1.50 bits per heavy atom. The van der Waals surface area contributed by atoms with Gasteiger partial charge in [-0.1, -0.05) is 0 Å². The molecular formula is C15H18N4O4S. The minimum Gasteiger partial charge on any atom is -0.501 e. The van der Waals surface area contributed by atoms with E-state index in [2.05, 4.69) is 15.3 Å². The zero-order chi connectivity index (χ0) is 17.5. The number of amides is 1. The van der Waals surface area contributed by atoms with Gasteiger partial charge in [0.15, 0.2) is 5.69 Å². The molecule has 1 aliphatic heterocycles. The Morgan fingerprint density at radius 2 is 2.25 bits per heavy atom. The first-order valence-corrected chi connectivity index (χ1v) is 8.35. The molecule has 0 saturated carbocycles. The van der Waals surface area contributed by atoms with Crippen LogP contribution in [0.4, 0.5) is 0 Å². The van der Waals surface area contributed by atoms with Crippen molar-refractivity contribution in [1.29, 1.82) is 0 Å². The van der Waals surface area contributed by atoms with Gasteiger partial charge in [0.2, 0.25) is 5.75 Å². The number of carbonyl (C=O) groups is 1. The Bertz CT molecular complexity index is 856. The van der Waals surface area contributed by atoms with Gasteiger partial charge in [-0.2, -0.15) is 0 Å². The summed E-state index contributed by atoms with van der Waals surface area (Å²) in [6, 6.07) is 0. The van der Waals surface area contributed by atoms with Crippen LogP contribution in [0.25, 0.3) is 0 Å². The van der Waals surface area contributed by atoms with Crippen molar-refractivity contribution in [2.75, 3.05) is 6.61 Å². The van der Waals surface area contributed by atoms with Gasteiger partial charge in [-0.05, 0) is 20.8 Å². The van der Waals surface area contributed by atoms with Crippen molar-refractivity contribution >= 4 is 17.2 Å². The molecule has 128 valence electrons. The second-order valence-electron chi connectivity index (χ2n) is 5.99. The lowest BCUT2D eigenvalue weighted by atomic mass is 10.1. The molecular weight excluding hydrogens is 332 g/mol. The Hall–Kier alpha value is -2.26. The van der Waals surface area contributed by atoms with E-state index in [0.717, 1.165) is 5.01 Å². The van der Waals surface area contributed by atoms with Crippen molar-refractivity contribution in [3.05, 3.63) is 38.0 Å². The molecule has 0 radical (unpaired) electrons. The third kappa shape index (κ3) is 2.92. The summed E-state index contributed by atoms with van der Waals surface area (Å²) in [7, 11) is 0. The van der Waals surface area contributed by atoms with Crippen LogP contribution in [-0.4, -0.2) is 32.2 Å². The quantitative estimate of drug-likeness (QED) is 0.852. The van der Waals surface area contributed by atoms with Crippen LogP contribution in [0.2, 0.25) is 0 Å². The summed E-state index contributed by atoms with van der Waals surface area (Å²) in [6.07, 6.45) is 0. The molecule has 3 heterocycles. The fourth-order valence-electron chi connectivity index (χ4n) is 2.57. The second-order valence-corrected chi connectivity index (χ2v) is 7.05. The number of hydrogen-bond acceptors (Lipinski definition) is 7. The molecule has 2 aromatic rings. The maximum atomic E-state index is 12.3. The number of thiazole rings is 1. The van der Waals surface area contributed by atoms with E-state index < -0.39 is 22.8 Å². The first-order valence-electron chi connectivity index (χ1n) is 7.47. The number of aryl methyl sites for hydroxylation is 1. The van der Waals surface area contributed by atoms with Crippen molar-refractivity contribution in [3.8, 4) is 5.75 Å². The molecule has 24 heavy (non-hydrogen) atoms. The summed E-state index contributed by atoms with van der Waals surface area (Å²) in [5, 5.41) is 15.4. The molecule has 1 aliphatic rings. The number of ether oxygens (including phenoxy) is 1. The summed E-state index contributed by atoms with van der Waals surface area (Å²) >= 11 is 1.48. The fraction of sp³-hybridized carbons (Fsp3) is 0.467. The van der Waals surface area contributed by atoms with Crippen molar-refractivity contribution in [2.45, 2.75) is 39.5 Å².